The summed E-state index contributed by atoms with van der Waals surface area (Å²) >= 11 is 0. The van der Waals surface area contributed by atoms with Crippen LogP contribution in [0.4, 0.5) is 0 Å². The Balaban J connectivity index is 2.54. The van der Waals surface area contributed by atoms with E-state index < -0.39 is 11.4 Å². The minimum atomic E-state index is -0.787. The molecule has 0 bridgehead atoms. The van der Waals surface area contributed by atoms with Gasteiger partial charge in [-0.25, -0.2) is 0 Å². The predicted molar refractivity (Wildman–Crippen MR) is 67.3 cm³/mol. The molecular weight excluding hydrogens is 216 g/mol. The Morgan fingerprint density at radius 2 is 2.00 bits per heavy atom. The quantitative estimate of drug-likeness (QED) is 0.825. The van der Waals surface area contributed by atoms with E-state index in [2.05, 4.69) is 6.92 Å². The van der Waals surface area contributed by atoms with Gasteiger partial charge in [0.15, 0.2) is 0 Å². The van der Waals surface area contributed by atoms with Crippen molar-refractivity contribution in [2.75, 3.05) is 6.61 Å². The molecule has 1 aromatic rings. The molecule has 17 heavy (non-hydrogen) atoms. The van der Waals surface area contributed by atoms with Crippen molar-refractivity contribution < 1.29 is 14.6 Å². The van der Waals surface area contributed by atoms with Crippen LogP contribution >= 0.6 is 0 Å². The number of hydrogen-bond acceptors (Lipinski definition) is 2. The number of ether oxygens (including phenoxy) is 1. The highest BCUT2D eigenvalue weighted by molar-refractivity contribution is 5.73. The van der Waals surface area contributed by atoms with Crippen LogP contribution in [0.1, 0.15) is 32.8 Å². The molecule has 3 nitrogen and oxygen atoms in total. The fourth-order valence-electron chi connectivity index (χ4n) is 1.46. The molecule has 1 N–H and O–H groups in total. The first-order chi connectivity index (χ1) is 7.97. The molecule has 94 valence electrons. The van der Waals surface area contributed by atoms with Crippen molar-refractivity contribution in [3.05, 3.63) is 29.8 Å². The second-order valence-corrected chi connectivity index (χ2v) is 4.75. The van der Waals surface area contributed by atoms with Gasteiger partial charge >= 0.3 is 5.97 Å². The van der Waals surface area contributed by atoms with E-state index in [4.69, 9.17) is 9.84 Å². The van der Waals surface area contributed by atoms with Crippen molar-refractivity contribution in [3.8, 4) is 5.75 Å². The summed E-state index contributed by atoms with van der Waals surface area (Å²) in [5, 5.41) is 8.98. The van der Waals surface area contributed by atoms with Crippen molar-refractivity contribution in [1.29, 1.82) is 0 Å². The molecule has 0 aliphatic rings. The third kappa shape index (κ3) is 3.77. The molecule has 0 aliphatic carbocycles. The van der Waals surface area contributed by atoms with Crippen LogP contribution in [-0.2, 0) is 11.2 Å². The van der Waals surface area contributed by atoms with E-state index in [0.29, 0.717) is 13.0 Å². The van der Waals surface area contributed by atoms with Gasteiger partial charge in [-0.15, -0.1) is 0 Å². The molecule has 0 amide bonds. The lowest BCUT2D eigenvalue weighted by Crippen LogP contribution is -2.25. The molecule has 0 unspecified atom stereocenters. The Hall–Kier alpha value is -1.51. The van der Waals surface area contributed by atoms with Crippen LogP contribution in [0.2, 0.25) is 0 Å². The topological polar surface area (TPSA) is 46.5 Å². The van der Waals surface area contributed by atoms with Gasteiger partial charge in [-0.05, 0) is 38.3 Å². The van der Waals surface area contributed by atoms with Gasteiger partial charge in [0.2, 0.25) is 0 Å². The first-order valence-electron chi connectivity index (χ1n) is 5.91. The Morgan fingerprint density at radius 1 is 1.35 bits per heavy atom. The molecule has 0 saturated heterocycles. The van der Waals surface area contributed by atoms with Crippen molar-refractivity contribution in [1.82, 2.24) is 0 Å². The van der Waals surface area contributed by atoms with Crippen LogP contribution in [0.15, 0.2) is 24.3 Å². The predicted octanol–water partition coefficient (Wildman–Crippen LogP) is 3.13. The Labute approximate surface area is 102 Å². The SMILES string of the molecule is CCc1ccccc1OCCC(C)(C)C(=O)O. The number of aliphatic carboxylic acids is 1. The van der Waals surface area contributed by atoms with Gasteiger partial charge in [0.25, 0.3) is 0 Å². The molecule has 0 fully saturated rings. The largest absolute Gasteiger partial charge is 0.493 e. The van der Waals surface area contributed by atoms with E-state index in [1.807, 2.05) is 24.3 Å². The average molecular weight is 236 g/mol. The highest BCUT2D eigenvalue weighted by atomic mass is 16.5. The summed E-state index contributed by atoms with van der Waals surface area (Å²) in [5.41, 5.74) is 0.418. The molecule has 3 heteroatoms. The second kappa shape index (κ2) is 5.71. The monoisotopic (exact) mass is 236 g/mol. The lowest BCUT2D eigenvalue weighted by Gasteiger charge is -2.19. The summed E-state index contributed by atoms with van der Waals surface area (Å²) in [6.45, 7) is 5.93. The molecule has 1 rings (SSSR count). The van der Waals surface area contributed by atoms with E-state index >= 15 is 0 Å². The van der Waals surface area contributed by atoms with Crippen molar-refractivity contribution in [2.45, 2.75) is 33.6 Å². The van der Waals surface area contributed by atoms with E-state index in [1.54, 1.807) is 13.8 Å². The number of hydrogen-bond donors (Lipinski definition) is 1. The van der Waals surface area contributed by atoms with Crippen LogP contribution in [0, 0.1) is 5.41 Å². The fraction of sp³-hybridized carbons (Fsp3) is 0.500. The minimum Gasteiger partial charge on any atom is -0.493 e. The van der Waals surface area contributed by atoms with Gasteiger partial charge in [-0.2, -0.15) is 0 Å². The highest BCUT2D eigenvalue weighted by Crippen LogP contribution is 2.23. The molecule has 0 aromatic heterocycles. The van der Waals surface area contributed by atoms with E-state index in [9.17, 15) is 4.79 Å². The van der Waals surface area contributed by atoms with Gasteiger partial charge in [0.1, 0.15) is 5.75 Å². The molecule has 0 aliphatic heterocycles. The zero-order chi connectivity index (χ0) is 12.9. The van der Waals surface area contributed by atoms with E-state index in [0.717, 1.165) is 17.7 Å². The number of carbonyl (C=O) groups is 1. The van der Waals surface area contributed by atoms with Gasteiger partial charge in [-0.1, -0.05) is 25.1 Å². The summed E-state index contributed by atoms with van der Waals surface area (Å²) in [7, 11) is 0. The van der Waals surface area contributed by atoms with Gasteiger partial charge in [0, 0.05) is 0 Å². The maximum atomic E-state index is 10.9. The maximum absolute atomic E-state index is 10.9. The number of benzene rings is 1. The van der Waals surface area contributed by atoms with Crippen LogP contribution in [-0.4, -0.2) is 17.7 Å². The molecule has 0 spiro atoms. The number of aryl methyl sites for hydroxylation is 1. The van der Waals surface area contributed by atoms with Gasteiger partial charge in [-0.3, -0.25) is 4.79 Å². The summed E-state index contributed by atoms with van der Waals surface area (Å²) in [4.78, 5) is 10.9. The summed E-state index contributed by atoms with van der Waals surface area (Å²) in [6.07, 6.45) is 1.42. The number of rotatable bonds is 6. The summed E-state index contributed by atoms with van der Waals surface area (Å²) < 4.78 is 5.65. The lowest BCUT2D eigenvalue weighted by molar-refractivity contribution is -0.147. The first kappa shape index (κ1) is 13.6. The molecular formula is C14H20O3. The second-order valence-electron chi connectivity index (χ2n) is 4.75. The third-order valence-electron chi connectivity index (χ3n) is 2.92. The number of carboxylic acid groups (broad SMARTS) is 1. The summed E-state index contributed by atoms with van der Waals surface area (Å²) in [5.74, 6) is 0.0704. The van der Waals surface area contributed by atoms with Gasteiger partial charge in [0.05, 0.1) is 12.0 Å². The molecule has 0 atom stereocenters. The third-order valence-corrected chi connectivity index (χ3v) is 2.92. The minimum absolute atomic E-state index is 0.427. The maximum Gasteiger partial charge on any atom is 0.309 e. The average Bonchev–Trinajstić information content (AvgIpc) is 2.29. The Bertz CT molecular complexity index is 383. The zero-order valence-corrected chi connectivity index (χ0v) is 10.7. The zero-order valence-electron chi connectivity index (χ0n) is 10.7. The van der Waals surface area contributed by atoms with Crippen molar-refractivity contribution in [3.63, 3.8) is 0 Å². The molecule has 0 radical (unpaired) electrons. The fourth-order valence-corrected chi connectivity index (χ4v) is 1.46. The Morgan fingerprint density at radius 3 is 2.59 bits per heavy atom. The smallest absolute Gasteiger partial charge is 0.309 e. The highest BCUT2D eigenvalue weighted by Gasteiger charge is 2.26. The van der Waals surface area contributed by atoms with Crippen LogP contribution in [0.25, 0.3) is 0 Å². The van der Waals surface area contributed by atoms with Crippen molar-refractivity contribution >= 4 is 5.97 Å². The normalized spacial score (nSPS) is 11.2. The van der Waals surface area contributed by atoms with Gasteiger partial charge < -0.3 is 9.84 Å². The number of carboxylic acids is 1. The Kier molecular flexibility index (Phi) is 4.55. The molecule has 0 saturated carbocycles. The summed E-state index contributed by atoms with van der Waals surface area (Å²) in [6, 6.07) is 7.86. The first-order valence-corrected chi connectivity index (χ1v) is 5.91. The molecule has 1 aromatic carbocycles. The lowest BCUT2D eigenvalue weighted by atomic mass is 9.90. The van der Waals surface area contributed by atoms with E-state index in [-0.39, 0.29) is 0 Å². The van der Waals surface area contributed by atoms with Crippen LogP contribution in [0.3, 0.4) is 0 Å². The number of para-hydroxylation sites is 1. The van der Waals surface area contributed by atoms with Crippen LogP contribution < -0.4 is 4.74 Å². The molecule has 0 heterocycles. The van der Waals surface area contributed by atoms with Crippen LogP contribution in [0.5, 0.6) is 5.75 Å². The van der Waals surface area contributed by atoms with Crippen molar-refractivity contribution in [2.24, 2.45) is 5.41 Å². The standard InChI is InChI=1S/C14H20O3/c1-4-11-7-5-6-8-12(11)17-10-9-14(2,3)13(15)16/h5-8H,4,9-10H2,1-3H3,(H,15,16). The van der Waals surface area contributed by atoms with E-state index in [1.165, 1.54) is 0 Å².